The van der Waals surface area contributed by atoms with E-state index in [1.807, 2.05) is 30.3 Å². The lowest BCUT2D eigenvalue weighted by atomic mass is 9.74. The van der Waals surface area contributed by atoms with Gasteiger partial charge >= 0.3 is 5.97 Å². The third-order valence-electron chi connectivity index (χ3n) is 4.11. The second kappa shape index (κ2) is 6.72. The molecule has 1 aliphatic carbocycles. The molecule has 114 valence electrons. The summed E-state index contributed by atoms with van der Waals surface area (Å²) in [6.45, 7) is 0. The SMILES string of the molecule is N[C@@H](CCc1ccccc1)C(=O)NC1(CC(=O)O)CCC1. The van der Waals surface area contributed by atoms with Gasteiger partial charge in [-0.1, -0.05) is 30.3 Å². The van der Waals surface area contributed by atoms with E-state index in [9.17, 15) is 9.59 Å². The van der Waals surface area contributed by atoms with Gasteiger partial charge in [-0.25, -0.2) is 0 Å². The predicted molar refractivity (Wildman–Crippen MR) is 79.7 cm³/mol. The predicted octanol–water partition coefficient (Wildman–Crippen LogP) is 1.46. The van der Waals surface area contributed by atoms with E-state index in [1.165, 1.54) is 0 Å². The molecule has 1 fully saturated rings. The van der Waals surface area contributed by atoms with Crippen LogP contribution in [0.5, 0.6) is 0 Å². The van der Waals surface area contributed by atoms with E-state index in [2.05, 4.69) is 5.32 Å². The Balaban J connectivity index is 1.83. The van der Waals surface area contributed by atoms with E-state index in [4.69, 9.17) is 10.8 Å². The number of amides is 1. The molecule has 4 N–H and O–H groups in total. The number of rotatable bonds is 7. The number of nitrogens with one attached hydrogen (secondary N) is 1. The number of aryl methyl sites for hydroxylation is 1. The van der Waals surface area contributed by atoms with Crippen molar-refractivity contribution < 1.29 is 14.7 Å². The van der Waals surface area contributed by atoms with Crippen molar-refractivity contribution in [2.75, 3.05) is 0 Å². The molecular formula is C16H22N2O3. The summed E-state index contributed by atoms with van der Waals surface area (Å²) in [4.78, 5) is 23.0. The van der Waals surface area contributed by atoms with Gasteiger partial charge in [0.1, 0.15) is 0 Å². The maximum absolute atomic E-state index is 12.1. The summed E-state index contributed by atoms with van der Waals surface area (Å²) in [5.41, 5.74) is 6.49. The molecule has 1 aliphatic rings. The van der Waals surface area contributed by atoms with E-state index in [0.717, 1.165) is 31.2 Å². The number of carbonyl (C=O) groups excluding carboxylic acids is 1. The van der Waals surface area contributed by atoms with Gasteiger partial charge in [0.2, 0.25) is 5.91 Å². The second-order valence-corrected chi connectivity index (χ2v) is 5.82. The Bertz CT molecular complexity index is 498. The molecule has 1 aromatic rings. The third kappa shape index (κ3) is 4.29. The summed E-state index contributed by atoms with van der Waals surface area (Å²) in [6.07, 6.45) is 3.66. The first-order valence-electron chi connectivity index (χ1n) is 7.34. The molecule has 1 amide bonds. The summed E-state index contributed by atoms with van der Waals surface area (Å²) in [7, 11) is 0. The molecule has 0 spiro atoms. The Kier molecular flexibility index (Phi) is 4.96. The van der Waals surface area contributed by atoms with E-state index in [0.29, 0.717) is 6.42 Å². The molecule has 5 nitrogen and oxygen atoms in total. The Morgan fingerprint density at radius 1 is 1.29 bits per heavy atom. The van der Waals surface area contributed by atoms with Gasteiger partial charge in [-0.15, -0.1) is 0 Å². The average molecular weight is 290 g/mol. The minimum absolute atomic E-state index is 0.0237. The number of hydrogen-bond acceptors (Lipinski definition) is 3. The average Bonchev–Trinajstić information content (AvgIpc) is 2.42. The lowest BCUT2D eigenvalue weighted by Crippen LogP contribution is -2.58. The van der Waals surface area contributed by atoms with Crippen molar-refractivity contribution in [1.82, 2.24) is 5.32 Å². The summed E-state index contributed by atoms with van der Waals surface area (Å²) >= 11 is 0. The highest BCUT2D eigenvalue weighted by atomic mass is 16.4. The molecule has 0 aromatic heterocycles. The third-order valence-corrected chi connectivity index (χ3v) is 4.11. The van der Waals surface area contributed by atoms with E-state index >= 15 is 0 Å². The van der Waals surface area contributed by atoms with Crippen LogP contribution >= 0.6 is 0 Å². The maximum atomic E-state index is 12.1. The van der Waals surface area contributed by atoms with Crippen molar-refractivity contribution in [2.24, 2.45) is 5.73 Å². The van der Waals surface area contributed by atoms with Gasteiger partial charge in [-0.3, -0.25) is 9.59 Å². The number of carboxylic acids is 1. The molecule has 0 bridgehead atoms. The van der Waals surface area contributed by atoms with Gasteiger partial charge in [0.15, 0.2) is 0 Å². The first-order chi connectivity index (χ1) is 10.0. The zero-order chi connectivity index (χ0) is 15.3. The van der Waals surface area contributed by atoms with E-state index in [1.54, 1.807) is 0 Å². The number of benzene rings is 1. The van der Waals surface area contributed by atoms with Gasteiger partial charge in [0.05, 0.1) is 18.0 Å². The first-order valence-corrected chi connectivity index (χ1v) is 7.34. The van der Waals surface area contributed by atoms with Crippen LogP contribution in [0.1, 0.15) is 37.7 Å². The van der Waals surface area contributed by atoms with Gasteiger partial charge in [-0.05, 0) is 37.7 Å². The molecule has 21 heavy (non-hydrogen) atoms. The van der Waals surface area contributed by atoms with Crippen LogP contribution in [0.25, 0.3) is 0 Å². The molecule has 2 rings (SSSR count). The zero-order valence-corrected chi connectivity index (χ0v) is 12.0. The van der Waals surface area contributed by atoms with Crippen LogP contribution < -0.4 is 11.1 Å². The molecular weight excluding hydrogens is 268 g/mol. The molecule has 1 atom stereocenters. The van der Waals surface area contributed by atoms with Crippen molar-refractivity contribution in [3.63, 3.8) is 0 Å². The van der Waals surface area contributed by atoms with Crippen molar-refractivity contribution in [3.8, 4) is 0 Å². The molecule has 0 aliphatic heterocycles. The van der Waals surface area contributed by atoms with Crippen LogP contribution in [-0.4, -0.2) is 28.6 Å². The number of carbonyl (C=O) groups is 2. The Labute approximate surface area is 124 Å². The molecule has 0 saturated heterocycles. The largest absolute Gasteiger partial charge is 0.481 e. The molecule has 0 radical (unpaired) electrons. The van der Waals surface area contributed by atoms with Crippen LogP contribution in [0, 0.1) is 0 Å². The van der Waals surface area contributed by atoms with Crippen molar-refractivity contribution in [2.45, 2.75) is 50.1 Å². The van der Waals surface area contributed by atoms with E-state index in [-0.39, 0.29) is 12.3 Å². The lowest BCUT2D eigenvalue weighted by molar-refractivity contribution is -0.140. The highest BCUT2D eigenvalue weighted by Gasteiger charge is 2.40. The molecule has 5 heteroatoms. The van der Waals surface area contributed by atoms with Gasteiger partial charge in [0.25, 0.3) is 0 Å². The van der Waals surface area contributed by atoms with Gasteiger partial charge in [0, 0.05) is 0 Å². The summed E-state index contributed by atoms with van der Waals surface area (Å²) in [5.74, 6) is -1.13. The van der Waals surface area contributed by atoms with Gasteiger partial charge in [-0.2, -0.15) is 0 Å². The number of hydrogen-bond donors (Lipinski definition) is 3. The van der Waals surface area contributed by atoms with Crippen molar-refractivity contribution in [1.29, 1.82) is 0 Å². The first kappa shape index (κ1) is 15.5. The quantitative estimate of drug-likeness (QED) is 0.709. The fourth-order valence-electron chi connectivity index (χ4n) is 2.69. The minimum atomic E-state index is -0.882. The summed E-state index contributed by atoms with van der Waals surface area (Å²) in [5, 5.41) is 11.8. The number of carboxylic acid groups (broad SMARTS) is 1. The minimum Gasteiger partial charge on any atom is -0.481 e. The molecule has 1 aromatic carbocycles. The molecule has 1 saturated carbocycles. The normalized spacial score (nSPS) is 17.6. The van der Waals surface area contributed by atoms with Crippen molar-refractivity contribution in [3.05, 3.63) is 35.9 Å². The van der Waals surface area contributed by atoms with Crippen LogP contribution in [0.2, 0.25) is 0 Å². The molecule has 0 unspecified atom stereocenters. The second-order valence-electron chi connectivity index (χ2n) is 5.82. The zero-order valence-electron chi connectivity index (χ0n) is 12.0. The van der Waals surface area contributed by atoms with Crippen LogP contribution in [0.15, 0.2) is 30.3 Å². The summed E-state index contributed by atoms with van der Waals surface area (Å²) < 4.78 is 0. The Morgan fingerprint density at radius 2 is 1.95 bits per heavy atom. The maximum Gasteiger partial charge on any atom is 0.305 e. The number of nitrogens with two attached hydrogens (primary N) is 1. The van der Waals surface area contributed by atoms with E-state index < -0.39 is 17.6 Å². The van der Waals surface area contributed by atoms with Gasteiger partial charge < -0.3 is 16.2 Å². The fourth-order valence-corrected chi connectivity index (χ4v) is 2.69. The number of aliphatic carboxylic acids is 1. The fraction of sp³-hybridized carbons (Fsp3) is 0.500. The van der Waals surface area contributed by atoms with Crippen LogP contribution in [-0.2, 0) is 16.0 Å². The topological polar surface area (TPSA) is 92.4 Å². The standard InChI is InChI=1S/C16H22N2O3/c17-13(8-7-12-5-2-1-3-6-12)15(21)18-16(9-4-10-16)11-14(19)20/h1-3,5-6,13H,4,7-11,17H2,(H,18,21)(H,19,20)/t13-/m0/s1. The van der Waals surface area contributed by atoms with Crippen LogP contribution in [0.3, 0.4) is 0 Å². The van der Waals surface area contributed by atoms with Crippen molar-refractivity contribution >= 4 is 11.9 Å². The smallest absolute Gasteiger partial charge is 0.305 e. The summed E-state index contributed by atoms with van der Waals surface area (Å²) in [6, 6.07) is 9.26. The highest BCUT2D eigenvalue weighted by molar-refractivity contribution is 5.83. The van der Waals surface area contributed by atoms with Crippen LogP contribution in [0.4, 0.5) is 0 Å². The monoisotopic (exact) mass is 290 g/mol. The molecule has 0 heterocycles. The Hall–Kier alpha value is -1.88. The lowest BCUT2D eigenvalue weighted by Gasteiger charge is -2.42. The highest BCUT2D eigenvalue weighted by Crippen LogP contribution is 2.35. The Morgan fingerprint density at radius 3 is 2.48 bits per heavy atom.